The van der Waals surface area contributed by atoms with Gasteiger partial charge in [-0.3, -0.25) is 14.9 Å². The van der Waals surface area contributed by atoms with Crippen molar-refractivity contribution >= 4 is 49.7 Å². The number of halogens is 2. The molecule has 1 N–H and O–H groups in total. The number of hydrogen-bond acceptors (Lipinski definition) is 4. The first-order chi connectivity index (χ1) is 10.9. The molecule has 0 bridgehead atoms. The van der Waals surface area contributed by atoms with Crippen LogP contribution in [0.5, 0.6) is 0 Å². The van der Waals surface area contributed by atoms with Crippen LogP contribution in [0.2, 0.25) is 0 Å². The lowest BCUT2D eigenvalue weighted by atomic mass is 10.2. The van der Waals surface area contributed by atoms with E-state index in [2.05, 4.69) is 42.4 Å². The van der Waals surface area contributed by atoms with E-state index in [1.165, 1.54) is 30.5 Å². The number of non-ortho nitro benzene ring substituents is 1. The molecular formula is C15H11Br2N3O3. The zero-order valence-corrected chi connectivity index (χ0v) is 15.1. The summed E-state index contributed by atoms with van der Waals surface area (Å²) in [5.41, 5.74) is 4.47. The average molecular weight is 441 g/mol. The van der Waals surface area contributed by atoms with Gasteiger partial charge in [0.1, 0.15) is 0 Å². The van der Waals surface area contributed by atoms with Crippen molar-refractivity contribution in [2.45, 2.75) is 6.92 Å². The third-order valence-electron chi connectivity index (χ3n) is 3.02. The van der Waals surface area contributed by atoms with Crippen LogP contribution in [0, 0.1) is 17.0 Å². The molecule has 0 aromatic heterocycles. The molecule has 2 aromatic carbocycles. The lowest BCUT2D eigenvalue weighted by Gasteiger charge is -2.03. The van der Waals surface area contributed by atoms with E-state index in [9.17, 15) is 14.9 Å². The van der Waals surface area contributed by atoms with Gasteiger partial charge in [-0.15, -0.1) is 0 Å². The molecule has 0 heterocycles. The van der Waals surface area contributed by atoms with Crippen LogP contribution < -0.4 is 5.43 Å². The molecule has 23 heavy (non-hydrogen) atoms. The molecule has 0 radical (unpaired) electrons. The Bertz CT molecular complexity index is 766. The summed E-state index contributed by atoms with van der Waals surface area (Å²) in [6.07, 6.45) is 1.51. The minimum atomic E-state index is -0.521. The molecule has 0 saturated carbocycles. The van der Waals surface area contributed by atoms with Crippen LogP contribution in [0.4, 0.5) is 5.69 Å². The number of amides is 1. The van der Waals surface area contributed by atoms with Gasteiger partial charge in [-0.25, -0.2) is 5.43 Å². The third kappa shape index (κ3) is 4.46. The average Bonchev–Trinajstić information content (AvgIpc) is 2.52. The number of hydrogen-bond donors (Lipinski definition) is 1. The monoisotopic (exact) mass is 439 g/mol. The summed E-state index contributed by atoms with van der Waals surface area (Å²) in [7, 11) is 0. The Hall–Kier alpha value is -2.06. The Morgan fingerprint density at radius 1 is 1.22 bits per heavy atom. The summed E-state index contributed by atoms with van der Waals surface area (Å²) < 4.78 is 1.85. The minimum absolute atomic E-state index is 0.0700. The van der Waals surface area contributed by atoms with Gasteiger partial charge in [0.15, 0.2) is 0 Å². The number of carbonyl (C=O) groups is 1. The molecule has 0 aliphatic heterocycles. The van der Waals surface area contributed by atoms with E-state index in [-0.39, 0.29) is 5.69 Å². The quantitative estimate of drug-likeness (QED) is 0.439. The van der Waals surface area contributed by atoms with E-state index in [0.29, 0.717) is 5.56 Å². The highest BCUT2D eigenvalue weighted by Crippen LogP contribution is 2.25. The first-order valence-corrected chi connectivity index (χ1v) is 8.00. The smallest absolute Gasteiger partial charge is 0.267 e. The predicted octanol–water partition coefficient (Wildman–Crippen LogP) is 4.19. The third-order valence-corrected chi connectivity index (χ3v) is 4.67. The van der Waals surface area contributed by atoms with E-state index in [1.807, 2.05) is 19.1 Å². The summed E-state index contributed by atoms with van der Waals surface area (Å²) >= 11 is 6.88. The van der Waals surface area contributed by atoms with Crippen LogP contribution in [-0.4, -0.2) is 17.0 Å². The van der Waals surface area contributed by atoms with Gasteiger partial charge in [-0.1, -0.05) is 31.9 Å². The van der Waals surface area contributed by atoms with Gasteiger partial charge >= 0.3 is 0 Å². The van der Waals surface area contributed by atoms with Crippen LogP contribution in [0.15, 0.2) is 50.4 Å². The molecule has 8 heteroatoms. The van der Waals surface area contributed by atoms with E-state index < -0.39 is 10.8 Å². The number of nitrogens with zero attached hydrogens (tertiary/aromatic N) is 2. The molecule has 118 valence electrons. The number of carbonyl (C=O) groups excluding carboxylic acids is 1. The molecule has 0 spiro atoms. The van der Waals surface area contributed by atoms with Crippen molar-refractivity contribution in [1.82, 2.24) is 5.43 Å². The van der Waals surface area contributed by atoms with Crippen molar-refractivity contribution in [2.24, 2.45) is 5.10 Å². The normalized spacial score (nSPS) is 10.7. The van der Waals surface area contributed by atoms with Crippen molar-refractivity contribution in [3.63, 3.8) is 0 Å². The van der Waals surface area contributed by atoms with Crippen LogP contribution in [0.3, 0.4) is 0 Å². The Labute approximate surface area is 149 Å². The lowest BCUT2D eigenvalue weighted by molar-refractivity contribution is -0.384. The molecule has 0 aliphatic rings. The SMILES string of the molecule is Cc1c(Br)cc(C=NNC(=O)c2ccc([N+](=O)[O-])cc2)cc1Br. The standard InChI is InChI=1S/C15H11Br2N3O3/c1-9-13(16)6-10(7-14(9)17)8-18-19-15(21)11-2-4-12(5-3-11)20(22)23/h2-8H,1H3,(H,19,21). The van der Waals surface area contributed by atoms with Gasteiger partial charge < -0.3 is 0 Å². The second-order valence-electron chi connectivity index (χ2n) is 4.61. The highest BCUT2D eigenvalue weighted by atomic mass is 79.9. The summed E-state index contributed by atoms with van der Waals surface area (Å²) in [6, 6.07) is 9.05. The fraction of sp³-hybridized carbons (Fsp3) is 0.0667. The maximum Gasteiger partial charge on any atom is 0.271 e. The molecule has 0 aliphatic carbocycles. The number of nitro benzene ring substituents is 1. The molecule has 2 rings (SSSR count). The van der Waals surface area contributed by atoms with Gasteiger partial charge in [0.25, 0.3) is 11.6 Å². The first kappa shape index (κ1) is 17.3. The summed E-state index contributed by atoms with van der Waals surface area (Å²) in [5.74, 6) is -0.443. The summed E-state index contributed by atoms with van der Waals surface area (Å²) in [5, 5.41) is 14.5. The first-order valence-electron chi connectivity index (χ1n) is 6.42. The fourth-order valence-electron chi connectivity index (χ4n) is 1.70. The van der Waals surface area contributed by atoms with E-state index in [0.717, 1.165) is 20.1 Å². The lowest BCUT2D eigenvalue weighted by Crippen LogP contribution is -2.17. The highest BCUT2D eigenvalue weighted by Gasteiger charge is 2.08. The van der Waals surface area contributed by atoms with Crippen molar-refractivity contribution in [2.75, 3.05) is 0 Å². The number of nitrogens with one attached hydrogen (secondary N) is 1. The number of nitro groups is 1. The van der Waals surface area contributed by atoms with Crippen LogP contribution >= 0.6 is 31.9 Å². The van der Waals surface area contributed by atoms with Crippen LogP contribution in [0.1, 0.15) is 21.5 Å². The van der Waals surface area contributed by atoms with Crippen molar-refractivity contribution in [3.8, 4) is 0 Å². The van der Waals surface area contributed by atoms with Gasteiger partial charge in [0.2, 0.25) is 0 Å². The largest absolute Gasteiger partial charge is 0.271 e. The number of hydrazone groups is 1. The zero-order chi connectivity index (χ0) is 17.0. The van der Waals surface area contributed by atoms with Crippen LogP contribution in [-0.2, 0) is 0 Å². The summed E-state index contributed by atoms with van der Waals surface area (Å²) in [6.45, 7) is 1.96. The maximum atomic E-state index is 11.9. The molecule has 0 fully saturated rings. The number of rotatable bonds is 4. The molecule has 6 nitrogen and oxygen atoms in total. The van der Waals surface area contributed by atoms with E-state index >= 15 is 0 Å². The highest BCUT2D eigenvalue weighted by molar-refractivity contribution is 9.11. The fourth-order valence-corrected chi connectivity index (χ4v) is 2.93. The Morgan fingerprint density at radius 3 is 2.30 bits per heavy atom. The Morgan fingerprint density at radius 2 is 1.78 bits per heavy atom. The second-order valence-corrected chi connectivity index (χ2v) is 6.32. The van der Waals surface area contributed by atoms with Gasteiger partial charge in [0, 0.05) is 26.6 Å². The van der Waals surface area contributed by atoms with E-state index in [1.54, 1.807) is 0 Å². The zero-order valence-electron chi connectivity index (χ0n) is 11.9. The molecular weight excluding hydrogens is 430 g/mol. The van der Waals surface area contributed by atoms with E-state index in [4.69, 9.17) is 0 Å². The molecule has 1 amide bonds. The van der Waals surface area contributed by atoms with Crippen molar-refractivity contribution in [3.05, 3.63) is 72.1 Å². The van der Waals surface area contributed by atoms with Crippen molar-refractivity contribution in [1.29, 1.82) is 0 Å². The Balaban J connectivity index is 2.05. The second kappa shape index (κ2) is 7.47. The van der Waals surface area contributed by atoms with Gasteiger partial charge in [-0.2, -0.15) is 5.10 Å². The predicted molar refractivity (Wildman–Crippen MR) is 94.7 cm³/mol. The Kier molecular flexibility index (Phi) is 5.62. The topological polar surface area (TPSA) is 84.6 Å². The van der Waals surface area contributed by atoms with Crippen molar-refractivity contribution < 1.29 is 9.72 Å². The van der Waals surface area contributed by atoms with Crippen LogP contribution in [0.25, 0.3) is 0 Å². The number of benzene rings is 2. The minimum Gasteiger partial charge on any atom is -0.267 e. The molecule has 0 atom stereocenters. The molecule has 2 aromatic rings. The molecule has 0 unspecified atom stereocenters. The summed E-state index contributed by atoms with van der Waals surface area (Å²) in [4.78, 5) is 21.9. The van der Waals surface area contributed by atoms with Gasteiger partial charge in [0.05, 0.1) is 11.1 Å². The maximum absolute atomic E-state index is 11.9. The molecule has 0 saturated heterocycles. The van der Waals surface area contributed by atoms with Gasteiger partial charge in [-0.05, 0) is 42.3 Å².